The standard InChI is InChI=1S/C22H28N2O2/c1-4-18(5-2)20-7-6-8-21-22(20)24(16-23-21)13-14-26-15-17-9-11-19(25-3)12-10-17/h6-12,16,18H,4-5,13-15H2,1-3H3. The van der Waals surface area contributed by atoms with Gasteiger partial charge in [0, 0.05) is 6.54 Å². The van der Waals surface area contributed by atoms with Crippen LogP contribution in [0.4, 0.5) is 0 Å². The molecule has 26 heavy (non-hydrogen) atoms. The molecular formula is C22H28N2O2. The zero-order valence-electron chi connectivity index (χ0n) is 15.9. The largest absolute Gasteiger partial charge is 0.497 e. The maximum atomic E-state index is 5.88. The Labute approximate surface area is 155 Å². The Morgan fingerprint density at radius 2 is 1.81 bits per heavy atom. The number of methoxy groups -OCH3 is 1. The van der Waals surface area contributed by atoms with Gasteiger partial charge in [0.25, 0.3) is 0 Å². The van der Waals surface area contributed by atoms with Gasteiger partial charge in [0.15, 0.2) is 0 Å². The zero-order chi connectivity index (χ0) is 18.4. The summed E-state index contributed by atoms with van der Waals surface area (Å²) >= 11 is 0. The minimum Gasteiger partial charge on any atom is -0.497 e. The number of para-hydroxylation sites is 1. The maximum absolute atomic E-state index is 5.88. The van der Waals surface area contributed by atoms with Crippen molar-refractivity contribution in [2.75, 3.05) is 13.7 Å². The van der Waals surface area contributed by atoms with Gasteiger partial charge < -0.3 is 14.0 Å². The van der Waals surface area contributed by atoms with E-state index in [4.69, 9.17) is 9.47 Å². The zero-order valence-corrected chi connectivity index (χ0v) is 15.9. The maximum Gasteiger partial charge on any atom is 0.118 e. The lowest BCUT2D eigenvalue weighted by molar-refractivity contribution is 0.114. The normalized spacial score (nSPS) is 11.4. The molecule has 2 aromatic carbocycles. The molecule has 3 aromatic rings. The highest BCUT2D eigenvalue weighted by molar-refractivity contribution is 5.79. The van der Waals surface area contributed by atoms with Crippen LogP contribution in [0.25, 0.3) is 11.0 Å². The molecule has 1 heterocycles. The predicted octanol–water partition coefficient (Wildman–Crippen LogP) is 5.17. The second-order valence-corrected chi connectivity index (χ2v) is 6.57. The van der Waals surface area contributed by atoms with Crippen molar-refractivity contribution >= 4 is 11.0 Å². The van der Waals surface area contributed by atoms with Gasteiger partial charge in [-0.15, -0.1) is 0 Å². The Morgan fingerprint density at radius 3 is 2.50 bits per heavy atom. The first-order valence-corrected chi connectivity index (χ1v) is 9.41. The molecule has 0 unspecified atom stereocenters. The number of benzene rings is 2. The lowest BCUT2D eigenvalue weighted by Crippen LogP contribution is -2.07. The first-order valence-electron chi connectivity index (χ1n) is 9.41. The van der Waals surface area contributed by atoms with E-state index in [0.717, 1.165) is 36.2 Å². The molecule has 0 fully saturated rings. The third kappa shape index (κ3) is 4.07. The van der Waals surface area contributed by atoms with Crippen molar-refractivity contribution in [3.63, 3.8) is 0 Å². The molecule has 1 aromatic heterocycles. The molecule has 3 rings (SSSR count). The van der Waals surface area contributed by atoms with E-state index in [0.29, 0.717) is 19.1 Å². The van der Waals surface area contributed by atoms with Crippen LogP contribution in [0.5, 0.6) is 5.75 Å². The second kappa shape index (κ2) is 8.86. The molecule has 0 atom stereocenters. The van der Waals surface area contributed by atoms with Gasteiger partial charge in [-0.05, 0) is 48.1 Å². The van der Waals surface area contributed by atoms with E-state index in [1.807, 2.05) is 30.6 Å². The Hall–Kier alpha value is -2.33. The smallest absolute Gasteiger partial charge is 0.118 e. The first kappa shape index (κ1) is 18.5. The molecule has 138 valence electrons. The summed E-state index contributed by atoms with van der Waals surface area (Å²) in [6, 6.07) is 14.5. The highest BCUT2D eigenvalue weighted by atomic mass is 16.5. The van der Waals surface area contributed by atoms with E-state index >= 15 is 0 Å². The number of ether oxygens (including phenoxy) is 2. The Balaban J connectivity index is 1.65. The molecule has 0 saturated carbocycles. The third-order valence-corrected chi connectivity index (χ3v) is 5.00. The van der Waals surface area contributed by atoms with Gasteiger partial charge in [-0.2, -0.15) is 0 Å². The van der Waals surface area contributed by atoms with E-state index in [9.17, 15) is 0 Å². The molecule has 4 heteroatoms. The van der Waals surface area contributed by atoms with Gasteiger partial charge in [-0.3, -0.25) is 0 Å². The van der Waals surface area contributed by atoms with E-state index in [1.165, 1.54) is 11.1 Å². The molecule has 0 aliphatic heterocycles. The second-order valence-electron chi connectivity index (χ2n) is 6.57. The summed E-state index contributed by atoms with van der Waals surface area (Å²) in [6.07, 6.45) is 4.23. The van der Waals surface area contributed by atoms with Crippen LogP contribution in [-0.2, 0) is 17.9 Å². The van der Waals surface area contributed by atoms with Crippen molar-refractivity contribution in [1.82, 2.24) is 9.55 Å². The molecular weight excluding hydrogens is 324 g/mol. The molecule has 0 spiro atoms. The summed E-state index contributed by atoms with van der Waals surface area (Å²) in [4.78, 5) is 4.58. The molecule has 0 bridgehead atoms. The van der Waals surface area contributed by atoms with Crippen molar-refractivity contribution in [3.8, 4) is 5.75 Å². The van der Waals surface area contributed by atoms with Gasteiger partial charge in [0.2, 0.25) is 0 Å². The predicted molar refractivity (Wildman–Crippen MR) is 106 cm³/mol. The number of rotatable bonds is 9. The van der Waals surface area contributed by atoms with Crippen LogP contribution < -0.4 is 4.74 Å². The van der Waals surface area contributed by atoms with E-state index < -0.39 is 0 Å². The van der Waals surface area contributed by atoms with E-state index in [2.05, 4.69) is 41.6 Å². The van der Waals surface area contributed by atoms with Crippen molar-refractivity contribution in [2.24, 2.45) is 0 Å². The number of nitrogens with zero attached hydrogens (tertiary/aromatic N) is 2. The monoisotopic (exact) mass is 352 g/mol. The van der Waals surface area contributed by atoms with Gasteiger partial charge in [0.1, 0.15) is 5.75 Å². The fraction of sp³-hybridized carbons (Fsp3) is 0.409. The van der Waals surface area contributed by atoms with Crippen molar-refractivity contribution in [3.05, 3.63) is 59.9 Å². The molecule has 0 N–H and O–H groups in total. The summed E-state index contributed by atoms with van der Waals surface area (Å²) in [5, 5.41) is 0. The van der Waals surface area contributed by atoms with Gasteiger partial charge in [-0.1, -0.05) is 38.1 Å². The van der Waals surface area contributed by atoms with Gasteiger partial charge >= 0.3 is 0 Å². The average molecular weight is 352 g/mol. The van der Waals surface area contributed by atoms with E-state index in [-0.39, 0.29) is 0 Å². The van der Waals surface area contributed by atoms with E-state index in [1.54, 1.807) is 7.11 Å². The Bertz CT molecular complexity index is 820. The summed E-state index contributed by atoms with van der Waals surface area (Å²) in [6.45, 7) is 6.59. The van der Waals surface area contributed by atoms with Crippen LogP contribution in [0.1, 0.15) is 43.7 Å². The first-order chi connectivity index (χ1) is 12.8. The number of imidazole rings is 1. The minimum atomic E-state index is 0.578. The van der Waals surface area contributed by atoms with Crippen LogP contribution in [0.3, 0.4) is 0 Å². The topological polar surface area (TPSA) is 36.3 Å². The quantitative estimate of drug-likeness (QED) is 0.499. The van der Waals surface area contributed by atoms with Crippen LogP contribution in [0.15, 0.2) is 48.8 Å². The number of aromatic nitrogens is 2. The average Bonchev–Trinajstić information content (AvgIpc) is 3.10. The molecule has 4 nitrogen and oxygen atoms in total. The van der Waals surface area contributed by atoms with Crippen molar-refractivity contribution in [2.45, 2.75) is 45.8 Å². The SMILES string of the molecule is CCC(CC)c1cccc2ncn(CCOCc3ccc(OC)cc3)c12. The minimum absolute atomic E-state index is 0.578. The molecule has 0 saturated heterocycles. The van der Waals surface area contributed by atoms with Crippen molar-refractivity contribution < 1.29 is 9.47 Å². The third-order valence-electron chi connectivity index (χ3n) is 5.00. The summed E-state index contributed by atoms with van der Waals surface area (Å²) < 4.78 is 13.3. The van der Waals surface area contributed by atoms with Crippen LogP contribution >= 0.6 is 0 Å². The molecule has 0 amide bonds. The molecule has 0 aliphatic carbocycles. The number of hydrogen-bond acceptors (Lipinski definition) is 3. The Kier molecular flexibility index (Phi) is 6.29. The van der Waals surface area contributed by atoms with Crippen molar-refractivity contribution in [1.29, 1.82) is 0 Å². The van der Waals surface area contributed by atoms with Crippen LogP contribution in [0, 0.1) is 0 Å². The fourth-order valence-electron chi connectivity index (χ4n) is 3.46. The molecule has 0 aliphatic rings. The Morgan fingerprint density at radius 1 is 1.04 bits per heavy atom. The van der Waals surface area contributed by atoms with Gasteiger partial charge in [-0.25, -0.2) is 4.98 Å². The molecule has 0 radical (unpaired) electrons. The van der Waals surface area contributed by atoms with Gasteiger partial charge in [0.05, 0.1) is 37.7 Å². The summed E-state index contributed by atoms with van der Waals surface area (Å²) in [7, 11) is 1.68. The lowest BCUT2D eigenvalue weighted by Gasteiger charge is -2.16. The highest BCUT2D eigenvalue weighted by Gasteiger charge is 2.14. The van der Waals surface area contributed by atoms with Crippen LogP contribution in [0.2, 0.25) is 0 Å². The number of hydrogen-bond donors (Lipinski definition) is 0. The summed E-state index contributed by atoms with van der Waals surface area (Å²) in [5.41, 5.74) is 4.89. The summed E-state index contributed by atoms with van der Waals surface area (Å²) in [5.74, 6) is 1.45. The lowest BCUT2D eigenvalue weighted by atomic mass is 9.93. The van der Waals surface area contributed by atoms with Crippen LogP contribution in [-0.4, -0.2) is 23.3 Å². The number of fused-ring (bicyclic) bond motifs is 1. The fourth-order valence-corrected chi connectivity index (χ4v) is 3.46. The highest BCUT2D eigenvalue weighted by Crippen LogP contribution is 2.29.